The Kier molecular flexibility index (Phi) is 3.73. The highest BCUT2D eigenvalue weighted by Crippen LogP contribution is 2.35. The lowest BCUT2D eigenvalue weighted by Gasteiger charge is -2.24. The highest BCUT2D eigenvalue weighted by Gasteiger charge is 2.31. The van der Waals surface area contributed by atoms with Gasteiger partial charge in [0, 0.05) is 17.9 Å². The first kappa shape index (κ1) is 15.7. The van der Waals surface area contributed by atoms with Crippen molar-refractivity contribution in [3.8, 4) is 0 Å². The van der Waals surface area contributed by atoms with Gasteiger partial charge in [0.2, 0.25) is 5.91 Å². The number of aryl methyl sites for hydroxylation is 1. The maximum absolute atomic E-state index is 12.1. The van der Waals surface area contributed by atoms with Crippen LogP contribution in [0.1, 0.15) is 29.9 Å². The van der Waals surface area contributed by atoms with Crippen LogP contribution in [0.25, 0.3) is 16.6 Å². The Bertz CT molecular complexity index is 995. The smallest absolute Gasteiger partial charge is 0.238 e. The molecule has 2 aromatic heterocycles. The van der Waals surface area contributed by atoms with Crippen LogP contribution < -0.4 is 5.43 Å². The average Bonchev–Trinajstić information content (AvgIpc) is 3.23. The molecule has 1 unspecified atom stereocenters. The molecule has 126 valence electrons. The summed E-state index contributed by atoms with van der Waals surface area (Å²) in [6.45, 7) is 3.52. The lowest BCUT2D eigenvalue weighted by atomic mass is 10.0. The van der Waals surface area contributed by atoms with Gasteiger partial charge in [-0.3, -0.25) is 10.2 Å². The molecule has 0 bridgehead atoms. The van der Waals surface area contributed by atoms with Crippen molar-refractivity contribution < 1.29 is 9.21 Å². The molecule has 1 aromatic carbocycles. The highest BCUT2D eigenvalue weighted by atomic mass is 35.5. The number of carbonyl (C=O) groups is 1. The van der Waals surface area contributed by atoms with Crippen LogP contribution in [0.3, 0.4) is 0 Å². The molecule has 0 fully saturated rings. The summed E-state index contributed by atoms with van der Waals surface area (Å²) in [5, 5.41) is 2.89. The third kappa shape index (κ3) is 2.76. The van der Waals surface area contributed by atoms with E-state index in [1.54, 1.807) is 12.3 Å². The minimum Gasteiger partial charge on any atom is -0.463 e. The number of hydrazine groups is 1. The maximum Gasteiger partial charge on any atom is 0.238 e. The van der Waals surface area contributed by atoms with E-state index >= 15 is 0 Å². The minimum atomic E-state index is -0.358. The first-order chi connectivity index (χ1) is 12.0. The van der Waals surface area contributed by atoms with Crippen LogP contribution in [0.5, 0.6) is 0 Å². The predicted molar refractivity (Wildman–Crippen MR) is 96.6 cm³/mol. The summed E-state index contributed by atoms with van der Waals surface area (Å²) >= 11 is 6.45. The molecule has 0 radical (unpaired) electrons. The van der Waals surface area contributed by atoms with E-state index in [9.17, 15) is 4.79 Å². The zero-order chi connectivity index (χ0) is 17.6. The molecule has 3 aromatic rings. The van der Waals surface area contributed by atoms with Gasteiger partial charge in [0.05, 0.1) is 17.5 Å². The third-order valence-corrected chi connectivity index (χ3v) is 4.54. The number of pyridine rings is 1. The summed E-state index contributed by atoms with van der Waals surface area (Å²) in [7, 11) is 0. The number of fused-ring (bicyclic) bond motifs is 1. The highest BCUT2D eigenvalue weighted by molar-refractivity contribution is 6.30. The van der Waals surface area contributed by atoms with Crippen molar-refractivity contribution in [3.05, 3.63) is 70.8 Å². The van der Waals surface area contributed by atoms with Crippen molar-refractivity contribution in [2.24, 2.45) is 0 Å². The molecular formula is C19H16ClN3O2. The van der Waals surface area contributed by atoms with E-state index in [1.807, 2.05) is 43.3 Å². The van der Waals surface area contributed by atoms with Gasteiger partial charge in [-0.25, -0.2) is 9.99 Å². The van der Waals surface area contributed by atoms with Crippen molar-refractivity contribution in [3.63, 3.8) is 0 Å². The van der Waals surface area contributed by atoms with E-state index in [-0.39, 0.29) is 11.9 Å². The van der Waals surface area contributed by atoms with Gasteiger partial charge < -0.3 is 4.42 Å². The van der Waals surface area contributed by atoms with Gasteiger partial charge in [0.15, 0.2) is 5.76 Å². The van der Waals surface area contributed by atoms with Gasteiger partial charge in [-0.05, 0) is 42.8 Å². The van der Waals surface area contributed by atoms with E-state index in [1.165, 1.54) is 11.9 Å². The Morgan fingerprint density at radius 3 is 2.88 bits per heavy atom. The topological polar surface area (TPSA) is 58.4 Å². The summed E-state index contributed by atoms with van der Waals surface area (Å²) in [5.74, 6) is 0.539. The third-order valence-electron chi connectivity index (χ3n) is 4.24. The lowest BCUT2D eigenvalue weighted by molar-refractivity contribution is -0.132. The second kappa shape index (κ2) is 5.93. The molecule has 6 heteroatoms. The number of benzene rings is 1. The van der Waals surface area contributed by atoms with Gasteiger partial charge in [-0.2, -0.15) is 0 Å². The number of aromatic nitrogens is 1. The number of hydrogen-bond acceptors (Lipinski definition) is 4. The lowest BCUT2D eigenvalue weighted by Crippen LogP contribution is -2.38. The molecule has 1 amide bonds. The van der Waals surface area contributed by atoms with Gasteiger partial charge in [0.1, 0.15) is 11.2 Å². The molecule has 0 spiro atoms. The van der Waals surface area contributed by atoms with E-state index in [4.69, 9.17) is 16.0 Å². The second-order valence-corrected chi connectivity index (χ2v) is 6.43. The SMILES string of the molecule is CC(=O)N1NC(c2ccco2)=CC1c1cc2ccc(C)cc2nc1Cl. The molecule has 25 heavy (non-hydrogen) atoms. The Morgan fingerprint density at radius 2 is 2.16 bits per heavy atom. The maximum atomic E-state index is 12.1. The van der Waals surface area contributed by atoms with Gasteiger partial charge in [0.25, 0.3) is 0 Å². The molecule has 1 N–H and O–H groups in total. The number of amides is 1. The standard InChI is InChI=1S/C19H16ClN3O2/c1-11-5-6-13-9-14(19(20)21-15(13)8-11)17-10-16(18-4-3-7-25-18)22-23(17)12(2)24/h3-10,17,22H,1-2H3. The molecule has 0 aliphatic carbocycles. The summed E-state index contributed by atoms with van der Waals surface area (Å²) in [6.07, 6.45) is 3.51. The number of carbonyl (C=O) groups excluding carboxylic acids is 1. The van der Waals surface area contributed by atoms with E-state index < -0.39 is 0 Å². The number of halogens is 1. The fourth-order valence-electron chi connectivity index (χ4n) is 3.02. The molecular weight excluding hydrogens is 338 g/mol. The van der Waals surface area contributed by atoms with Crippen LogP contribution in [-0.2, 0) is 4.79 Å². The van der Waals surface area contributed by atoms with Crippen molar-refractivity contribution in [2.75, 3.05) is 0 Å². The van der Waals surface area contributed by atoms with Gasteiger partial charge >= 0.3 is 0 Å². The summed E-state index contributed by atoms with van der Waals surface area (Å²) in [6, 6.07) is 11.3. The minimum absolute atomic E-state index is 0.122. The first-order valence-electron chi connectivity index (χ1n) is 7.92. The molecule has 4 rings (SSSR count). The molecule has 0 saturated heterocycles. The van der Waals surface area contributed by atoms with Crippen LogP contribution in [-0.4, -0.2) is 15.9 Å². The van der Waals surface area contributed by atoms with Crippen molar-refractivity contribution >= 4 is 34.1 Å². The van der Waals surface area contributed by atoms with Crippen LogP contribution in [0.15, 0.2) is 53.2 Å². The summed E-state index contributed by atoms with van der Waals surface area (Å²) in [5.41, 5.74) is 6.54. The molecule has 1 atom stereocenters. The normalized spacial score (nSPS) is 16.8. The van der Waals surface area contributed by atoms with Crippen molar-refractivity contribution in [2.45, 2.75) is 19.9 Å². The molecule has 0 saturated carbocycles. The Morgan fingerprint density at radius 1 is 1.32 bits per heavy atom. The zero-order valence-electron chi connectivity index (χ0n) is 13.8. The Hall–Kier alpha value is -2.79. The number of nitrogens with zero attached hydrogens (tertiary/aromatic N) is 2. The summed E-state index contributed by atoms with van der Waals surface area (Å²) in [4.78, 5) is 16.6. The monoisotopic (exact) mass is 353 g/mol. The quantitative estimate of drug-likeness (QED) is 0.700. The largest absolute Gasteiger partial charge is 0.463 e. The van der Waals surface area contributed by atoms with Crippen molar-refractivity contribution in [1.29, 1.82) is 0 Å². The molecule has 3 heterocycles. The summed E-state index contributed by atoms with van der Waals surface area (Å²) < 4.78 is 5.43. The van der Waals surface area contributed by atoms with Crippen LogP contribution in [0.4, 0.5) is 0 Å². The number of nitrogens with one attached hydrogen (secondary N) is 1. The average molecular weight is 354 g/mol. The Balaban J connectivity index is 1.83. The molecule has 1 aliphatic heterocycles. The van der Waals surface area contributed by atoms with E-state index in [2.05, 4.69) is 10.4 Å². The molecule has 5 nitrogen and oxygen atoms in total. The molecule has 1 aliphatic rings. The predicted octanol–water partition coefficient (Wildman–Crippen LogP) is 4.24. The van der Waals surface area contributed by atoms with E-state index in [0.29, 0.717) is 10.9 Å². The zero-order valence-corrected chi connectivity index (χ0v) is 14.5. The fraction of sp³-hybridized carbons (Fsp3) is 0.158. The van der Waals surface area contributed by atoms with E-state index in [0.717, 1.165) is 27.7 Å². The number of furan rings is 1. The second-order valence-electron chi connectivity index (χ2n) is 6.07. The van der Waals surface area contributed by atoms with Crippen LogP contribution in [0.2, 0.25) is 5.15 Å². The van der Waals surface area contributed by atoms with Gasteiger partial charge in [-0.1, -0.05) is 23.7 Å². The number of rotatable bonds is 2. The fourth-order valence-corrected chi connectivity index (χ4v) is 3.28. The Labute approximate surface area is 149 Å². The number of hydrogen-bond donors (Lipinski definition) is 1. The van der Waals surface area contributed by atoms with Crippen molar-refractivity contribution in [1.82, 2.24) is 15.4 Å². The van der Waals surface area contributed by atoms with Crippen LogP contribution in [0, 0.1) is 6.92 Å². The van der Waals surface area contributed by atoms with Gasteiger partial charge in [-0.15, -0.1) is 0 Å². The first-order valence-corrected chi connectivity index (χ1v) is 8.29. The van der Waals surface area contributed by atoms with Crippen LogP contribution >= 0.6 is 11.6 Å².